The van der Waals surface area contributed by atoms with E-state index in [2.05, 4.69) is 53.9 Å². The van der Waals surface area contributed by atoms with Crippen molar-refractivity contribution in [2.24, 2.45) is 0 Å². The lowest BCUT2D eigenvalue weighted by Gasteiger charge is -2.21. The summed E-state index contributed by atoms with van der Waals surface area (Å²) in [6, 6.07) is 16.8. The van der Waals surface area contributed by atoms with Crippen LogP contribution in [0.2, 0.25) is 0 Å². The summed E-state index contributed by atoms with van der Waals surface area (Å²) in [7, 11) is 0. The van der Waals surface area contributed by atoms with Crippen LogP contribution in [0.1, 0.15) is 24.8 Å². The molecule has 2 aromatic carbocycles. The SMILES string of the molecule is C1=C(c2ccc3ccccc3c2)CC2CCC1N2.O=C(O)C(O)C(O)C(=O)O. The quantitative estimate of drug-likeness (QED) is 0.541. The van der Waals surface area contributed by atoms with Crippen LogP contribution in [0.5, 0.6) is 0 Å². The smallest absolute Gasteiger partial charge is 0.335 e. The lowest BCUT2D eigenvalue weighted by Crippen LogP contribution is -2.39. The predicted molar refractivity (Wildman–Crippen MR) is 104 cm³/mol. The van der Waals surface area contributed by atoms with Crippen molar-refractivity contribution in [3.8, 4) is 0 Å². The zero-order chi connectivity index (χ0) is 20.3. The summed E-state index contributed by atoms with van der Waals surface area (Å²) in [5.41, 5.74) is 2.94. The van der Waals surface area contributed by atoms with E-state index in [-0.39, 0.29) is 0 Å². The fourth-order valence-electron chi connectivity index (χ4n) is 3.59. The predicted octanol–water partition coefficient (Wildman–Crippen LogP) is 1.62. The van der Waals surface area contributed by atoms with Gasteiger partial charge in [0.2, 0.25) is 0 Å². The zero-order valence-corrected chi connectivity index (χ0v) is 15.2. The number of hydrogen-bond acceptors (Lipinski definition) is 5. The summed E-state index contributed by atoms with van der Waals surface area (Å²) in [5.74, 6) is -3.54. The minimum absolute atomic E-state index is 0.616. The number of carboxylic acids is 2. The molecular formula is C21H23NO6. The van der Waals surface area contributed by atoms with Crippen LogP contribution < -0.4 is 5.32 Å². The number of aliphatic hydroxyl groups is 2. The number of hydrogen-bond donors (Lipinski definition) is 5. The highest BCUT2D eigenvalue weighted by Gasteiger charge is 2.29. The monoisotopic (exact) mass is 385 g/mol. The first-order chi connectivity index (χ1) is 13.3. The molecule has 0 spiro atoms. The molecule has 7 heteroatoms. The average molecular weight is 385 g/mol. The van der Waals surface area contributed by atoms with E-state index in [0.29, 0.717) is 12.1 Å². The van der Waals surface area contributed by atoms with Crippen molar-refractivity contribution in [1.82, 2.24) is 5.32 Å². The third kappa shape index (κ3) is 4.56. The van der Waals surface area contributed by atoms with E-state index in [0.717, 1.165) is 0 Å². The summed E-state index contributed by atoms with van der Waals surface area (Å²) in [6.07, 6.45) is 1.73. The van der Waals surface area contributed by atoms with Gasteiger partial charge in [-0.2, -0.15) is 0 Å². The molecule has 0 saturated carbocycles. The number of aliphatic carboxylic acids is 2. The van der Waals surface area contributed by atoms with Crippen molar-refractivity contribution in [2.75, 3.05) is 0 Å². The van der Waals surface area contributed by atoms with E-state index < -0.39 is 24.1 Å². The molecule has 28 heavy (non-hydrogen) atoms. The number of rotatable bonds is 4. The van der Waals surface area contributed by atoms with E-state index >= 15 is 0 Å². The molecule has 4 rings (SSSR count). The highest BCUT2D eigenvalue weighted by molar-refractivity contribution is 5.86. The molecule has 0 amide bonds. The second-order valence-corrected chi connectivity index (χ2v) is 7.07. The van der Waals surface area contributed by atoms with Crippen molar-refractivity contribution < 1.29 is 30.0 Å². The van der Waals surface area contributed by atoms with Gasteiger partial charge in [-0.1, -0.05) is 42.5 Å². The standard InChI is InChI=1S/C17H17N.C4H6O6/c1-2-4-13-9-14(6-5-12(13)3-1)15-10-16-7-8-17(11-15)18-16;5-1(3(7)8)2(6)4(9)10/h1-6,9-10,16-18H,7-8,11H2;1-2,5-6H,(H,7,8)(H,9,10). The Balaban J connectivity index is 0.000000195. The van der Waals surface area contributed by atoms with Crippen LogP contribution in [-0.2, 0) is 9.59 Å². The molecule has 0 aromatic heterocycles. The Kier molecular flexibility index (Phi) is 6.08. The van der Waals surface area contributed by atoms with Crippen LogP contribution in [0, 0.1) is 0 Å². The highest BCUT2D eigenvalue weighted by Crippen LogP contribution is 2.32. The number of carboxylic acid groups (broad SMARTS) is 2. The molecule has 2 bridgehead atoms. The van der Waals surface area contributed by atoms with E-state index in [9.17, 15) is 9.59 Å². The normalized spacial score (nSPS) is 22.6. The Morgan fingerprint density at radius 1 is 0.929 bits per heavy atom. The van der Waals surface area contributed by atoms with Crippen molar-refractivity contribution in [3.63, 3.8) is 0 Å². The minimum Gasteiger partial charge on any atom is -0.479 e. The van der Waals surface area contributed by atoms with E-state index in [1.54, 1.807) is 0 Å². The molecule has 2 heterocycles. The molecule has 0 radical (unpaired) electrons. The Labute approximate surface area is 161 Å². The fourth-order valence-corrected chi connectivity index (χ4v) is 3.59. The molecule has 4 atom stereocenters. The van der Waals surface area contributed by atoms with Gasteiger partial charge in [-0.3, -0.25) is 0 Å². The first-order valence-corrected chi connectivity index (χ1v) is 9.13. The van der Waals surface area contributed by atoms with Crippen LogP contribution in [0.4, 0.5) is 0 Å². The number of aliphatic hydroxyl groups excluding tert-OH is 2. The first-order valence-electron chi connectivity index (χ1n) is 9.13. The van der Waals surface area contributed by atoms with Crippen LogP contribution in [-0.4, -0.2) is 56.7 Å². The van der Waals surface area contributed by atoms with Crippen LogP contribution in [0.15, 0.2) is 48.5 Å². The average Bonchev–Trinajstić information content (AvgIpc) is 3.04. The minimum atomic E-state index is -2.27. The van der Waals surface area contributed by atoms with Gasteiger partial charge in [-0.05, 0) is 47.2 Å². The molecule has 148 valence electrons. The molecule has 2 aliphatic heterocycles. The molecule has 7 nitrogen and oxygen atoms in total. The third-order valence-electron chi connectivity index (χ3n) is 5.07. The molecule has 5 N–H and O–H groups in total. The highest BCUT2D eigenvalue weighted by atomic mass is 16.4. The van der Waals surface area contributed by atoms with Gasteiger partial charge in [0.1, 0.15) is 0 Å². The summed E-state index contributed by atoms with van der Waals surface area (Å²) in [5, 5.41) is 38.9. The van der Waals surface area contributed by atoms with E-state index in [1.807, 2.05) is 0 Å². The number of carbonyl (C=O) groups is 2. The van der Waals surface area contributed by atoms with Gasteiger partial charge in [0, 0.05) is 12.1 Å². The zero-order valence-electron chi connectivity index (χ0n) is 15.2. The molecular weight excluding hydrogens is 362 g/mol. The van der Waals surface area contributed by atoms with E-state index in [4.69, 9.17) is 20.4 Å². The maximum absolute atomic E-state index is 9.77. The van der Waals surface area contributed by atoms with Gasteiger partial charge >= 0.3 is 11.9 Å². The van der Waals surface area contributed by atoms with Gasteiger partial charge in [0.15, 0.2) is 12.2 Å². The Morgan fingerprint density at radius 2 is 1.57 bits per heavy atom. The van der Waals surface area contributed by atoms with Crippen LogP contribution in [0.3, 0.4) is 0 Å². The van der Waals surface area contributed by atoms with Crippen molar-refractivity contribution >= 4 is 28.3 Å². The van der Waals surface area contributed by atoms with Crippen molar-refractivity contribution in [2.45, 2.75) is 43.6 Å². The van der Waals surface area contributed by atoms with Crippen LogP contribution >= 0.6 is 0 Å². The second kappa shape index (κ2) is 8.52. The van der Waals surface area contributed by atoms with Gasteiger partial charge < -0.3 is 25.7 Å². The van der Waals surface area contributed by atoms with Gasteiger partial charge in [0.25, 0.3) is 0 Å². The number of nitrogens with one attached hydrogen (secondary N) is 1. The lowest BCUT2D eigenvalue weighted by atomic mass is 9.94. The van der Waals surface area contributed by atoms with Gasteiger partial charge in [-0.15, -0.1) is 0 Å². The maximum Gasteiger partial charge on any atom is 0.335 e. The Bertz CT molecular complexity index is 891. The van der Waals surface area contributed by atoms with Gasteiger partial charge in [-0.25, -0.2) is 9.59 Å². The maximum atomic E-state index is 9.77. The molecule has 0 aliphatic carbocycles. The Morgan fingerprint density at radius 3 is 2.18 bits per heavy atom. The van der Waals surface area contributed by atoms with E-state index in [1.165, 1.54) is 41.2 Å². The Hall–Kier alpha value is -2.74. The molecule has 1 fully saturated rings. The number of benzene rings is 2. The van der Waals surface area contributed by atoms with Crippen molar-refractivity contribution in [3.05, 3.63) is 54.1 Å². The third-order valence-corrected chi connectivity index (χ3v) is 5.07. The summed E-state index contributed by atoms with van der Waals surface area (Å²) < 4.78 is 0. The van der Waals surface area contributed by atoms with Crippen LogP contribution in [0.25, 0.3) is 16.3 Å². The first kappa shape index (κ1) is 20.0. The van der Waals surface area contributed by atoms with Gasteiger partial charge in [0.05, 0.1) is 0 Å². The summed E-state index contributed by atoms with van der Waals surface area (Å²) in [4.78, 5) is 19.5. The summed E-state index contributed by atoms with van der Waals surface area (Å²) in [6.45, 7) is 0. The topological polar surface area (TPSA) is 127 Å². The van der Waals surface area contributed by atoms with Crippen molar-refractivity contribution in [1.29, 1.82) is 0 Å². The second-order valence-electron chi connectivity index (χ2n) is 7.07. The largest absolute Gasteiger partial charge is 0.479 e. The molecule has 1 saturated heterocycles. The number of fused-ring (bicyclic) bond motifs is 3. The fraction of sp³-hybridized carbons (Fsp3) is 0.333. The molecule has 2 aromatic rings. The lowest BCUT2D eigenvalue weighted by molar-refractivity contribution is -0.165. The summed E-state index contributed by atoms with van der Waals surface area (Å²) >= 11 is 0. The molecule has 4 unspecified atom stereocenters. The molecule has 2 aliphatic rings.